The second kappa shape index (κ2) is 10.7. The molecule has 0 radical (unpaired) electrons. The first-order valence-corrected chi connectivity index (χ1v) is 11.4. The van der Waals surface area contributed by atoms with E-state index in [-0.39, 0.29) is 5.91 Å². The standard InChI is InChI=1S/C24H27NO4S2/c1-15(2)18-10-9-16(3)13-20(18)28-11-6-12-29-22-17(7-5-8-19(22)27-4)14-21-23(26)25-24(30)31-21/h5,7-10,13-15H,6,11-12H2,1-4H3,(H,25,26,30)/b21-14+. The van der Waals surface area contributed by atoms with E-state index in [0.717, 1.165) is 11.3 Å². The normalized spacial score (nSPS) is 14.8. The second-order valence-corrected chi connectivity index (χ2v) is 9.20. The molecule has 1 fully saturated rings. The van der Waals surface area contributed by atoms with Crippen LogP contribution >= 0.6 is 24.0 Å². The van der Waals surface area contributed by atoms with Crippen LogP contribution in [0.4, 0.5) is 0 Å². The molecule has 1 heterocycles. The van der Waals surface area contributed by atoms with Crippen molar-refractivity contribution in [1.29, 1.82) is 0 Å². The predicted octanol–water partition coefficient (Wildman–Crippen LogP) is 5.46. The lowest BCUT2D eigenvalue weighted by Gasteiger charge is -2.16. The number of thiocarbonyl (C=S) groups is 1. The van der Waals surface area contributed by atoms with Crippen molar-refractivity contribution in [3.63, 3.8) is 0 Å². The van der Waals surface area contributed by atoms with Gasteiger partial charge < -0.3 is 19.5 Å². The number of hydrogen-bond acceptors (Lipinski definition) is 6. The molecule has 1 amide bonds. The number of carbonyl (C=O) groups excluding carboxylic acids is 1. The highest BCUT2D eigenvalue weighted by Crippen LogP contribution is 2.35. The molecule has 0 unspecified atom stereocenters. The number of benzene rings is 2. The van der Waals surface area contributed by atoms with Gasteiger partial charge in [0.25, 0.3) is 5.91 Å². The lowest BCUT2D eigenvalue weighted by Crippen LogP contribution is -2.17. The summed E-state index contributed by atoms with van der Waals surface area (Å²) in [6.45, 7) is 7.38. The van der Waals surface area contributed by atoms with E-state index < -0.39 is 0 Å². The van der Waals surface area contributed by atoms with Gasteiger partial charge in [0.1, 0.15) is 10.1 Å². The fraction of sp³-hybridized carbons (Fsp3) is 0.333. The van der Waals surface area contributed by atoms with Crippen molar-refractivity contribution in [3.05, 3.63) is 58.0 Å². The van der Waals surface area contributed by atoms with Gasteiger partial charge in [-0.2, -0.15) is 0 Å². The fourth-order valence-corrected chi connectivity index (χ4v) is 4.22. The summed E-state index contributed by atoms with van der Waals surface area (Å²) < 4.78 is 18.0. The van der Waals surface area contributed by atoms with Crippen molar-refractivity contribution in [3.8, 4) is 17.2 Å². The van der Waals surface area contributed by atoms with Crippen LogP contribution < -0.4 is 19.5 Å². The number of amides is 1. The van der Waals surface area contributed by atoms with Gasteiger partial charge in [-0.3, -0.25) is 4.79 Å². The number of hydrogen-bond donors (Lipinski definition) is 1. The largest absolute Gasteiger partial charge is 0.493 e. The highest BCUT2D eigenvalue weighted by molar-refractivity contribution is 8.26. The Balaban J connectivity index is 1.65. The van der Waals surface area contributed by atoms with Crippen LogP contribution in [0.5, 0.6) is 17.2 Å². The third kappa shape index (κ3) is 6.02. The van der Waals surface area contributed by atoms with Gasteiger partial charge >= 0.3 is 0 Å². The molecule has 0 spiro atoms. The molecular weight excluding hydrogens is 430 g/mol. The number of nitrogens with one attached hydrogen (secondary N) is 1. The van der Waals surface area contributed by atoms with Gasteiger partial charge in [0.05, 0.1) is 25.2 Å². The molecule has 1 saturated heterocycles. The molecule has 2 aromatic rings. The lowest BCUT2D eigenvalue weighted by atomic mass is 10.0. The molecule has 164 valence electrons. The SMILES string of the molecule is COc1cccc(/C=C2/SC(=S)NC2=O)c1OCCCOc1cc(C)ccc1C(C)C. The summed E-state index contributed by atoms with van der Waals surface area (Å²) in [5, 5.41) is 2.63. The van der Waals surface area contributed by atoms with Crippen LogP contribution in [-0.4, -0.2) is 30.6 Å². The van der Waals surface area contributed by atoms with E-state index in [2.05, 4.69) is 44.3 Å². The van der Waals surface area contributed by atoms with Crippen molar-refractivity contribution in [2.45, 2.75) is 33.1 Å². The Bertz CT molecular complexity index is 1000. The highest BCUT2D eigenvalue weighted by Gasteiger charge is 2.23. The van der Waals surface area contributed by atoms with Gasteiger partial charge in [-0.15, -0.1) is 0 Å². The molecule has 0 bridgehead atoms. The van der Waals surface area contributed by atoms with Gasteiger partial charge in [0.2, 0.25) is 0 Å². The first-order valence-electron chi connectivity index (χ1n) is 10.2. The van der Waals surface area contributed by atoms with E-state index >= 15 is 0 Å². The zero-order valence-corrected chi connectivity index (χ0v) is 19.8. The summed E-state index contributed by atoms with van der Waals surface area (Å²) in [7, 11) is 1.60. The molecule has 5 nitrogen and oxygen atoms in total. The van der Waals surface area contributed by atoms with E-state index in [1.807, 2.05) is 18.2 Å². The smallest absolute Gasteiger partial charge is 0.263 e. The maximum Gasteiger partial charge on any atom is 0.263 e. The average Bonchev–Trinajstić information content (AvgIpc) is 3.05. The Kier molecular flexibility index (Phi) is 7.98. The molecule has 1 aliphatic heterocycles. The van der Waals surface area contributed by atoms with Crippen LogP contribution in [0.1, 0.15) is 42.9 Å². The Hall–Kier alpha value is -2.51. The van der Waals surface area contributed by atoms with E-state index in [4.69, 9.17) is 26.4 Å². The third-order valence-corrected chi connectivity index (χ3v) is 5.90. The number of carbonyl (C=O) groups is 1. The van der Waals surface area contributed by atoms with E-state index in [1.165, 1.54) is 22.9 Å². The zero-order valence-electron chi connectivity index (χ0n) is 18.2. The molecule has 31 heavy (non-hydrogen) atoms. The van der Waals surface area contributed by atoms with Gasteiger partial charge in [0, 0.05) is 12.0 Å². The Morgan fingerprint density at radius 1 is 1.13 bits per heavy atom. The zero-order chi connectivity index (χ0) is 22.4. The molecule has 1 N–H and O–H groups in total. The highest BCUT2D eigenvalue weighted by atomic mass is 32.2. The first-order chi connectivity index (χ1) is 14.9. The number of para-hydroxylation sites is 1. The molecule has 3 rings (SSSR count). The number of ether oxygens (including phenoxy) is 3. The number of methoxy groups -OCH3 is 1. The van der Waals surface area contributed by atoms with Crippen molar-refractivity contribution in [1.82, 2.24) is 5.32 Å². The monoisotopic (exact) mass is 457 g/mol. The van der Waals surface area contributed by atoms with E-state index in [0.29, 0.717) is 46.3 Å². The number of rotatable bonds is 9. The quantitative estimate of drug-likeness (QED) is 0.306. The number of thioether (sulfide) groups is 1. The molecule has 0 aromatic heterocycles. The van der Waals surface area contributed by atoms with Crippen LogP contribution in [0.2, 0.25) is 0 Å². The van der Waals surface area contributed by atoms with Crippen molar-refractivity contribution >= 4 is 40.3 Å². The predicted molar refractivity (Wildman–Crippen MR) is 130 cm³/mol. The Labute approximate surface area is 193 Å². The van der Waals surface area contributed by atoms with Crippen LogP contribution in [0, 0.1) is 6.92 Å². The minimum absolute atomic E-state index is 0.198. The average molecular weight is 458 g/mol. The molecular formula is C24H27NO4S2. The topological polar surface area (TPSA) is 56.8 Å². The first kappa shape index (κ1) is 23.2. The van der Waals surface area contributed by atoms with Crippen molar-refractivity contribution in [2.75, 3.05) is 20.3 Å². The second-order valence-electron chi connectivity index (χ2n) is 7.48. The summed E-state index contributed by atoms with van der Waals surface area (Å²) in [6.07, 6.45) is 2.48. The Morgan fingerprint density at radius 3 is 2.58 bits per heavy atom. The minimum Gasteiger partial charge on any atom is -0.493 e. The molecule has 0 saturated carbocycles. The van der Waals surface area contributed by atoms with Crippen LogP contribution in [0.25, 0.3) is 6.08 Å². The van der Waals surface area contributed by atoms with Crippen molar-refractivity contribution < 1.29 is 19.0 Å². The molecule has 0 aliphatic carbocycles. The summed E-state index contributed by atoms with van der Waals surface area (Å²) in [4.78, 5) is 12.5. The van der Waals surface area contributed by atoms with E-state index in [1.54, 1.807) is 13.2 Å². The van der Waals surface area contributed by atoms with Gasteiger partial charge in [-0.25, -0.2) is 0 Å². The van der Waals surface area contributed by atoms with Gasteiger partial charge in [-0.1, -0.05) is 62.1 Å². The van der Waals surface area contributed by atoms with Gasteiger partial charge in [-0.05, 0) is 42.2 Å². The van der Waals surface area contributed by atoms with E-state index in [9.17, 15) is 4.79 Å². The van der Waals surface area contributed by atoms with Gasteiger partial charge in [0.15, 0.2) is 11.5 Å². The Morgan fingerprint density at radius 2 is 1.90 bits per heavy atom. The van der Waals surface area contributed by atoms with Crippen LogP contribution in [-0.2, 0) is 4.79 Å². The summed E-state index contributed by atoms with van der Waals surface area (Å²) in [6, 6.07) is 11.9. The number of aryl methyl sites for hydroxylation is 1. The minimum atomic E-state index is -0.198. The molecule has 1 aliphatic rings. The molecule has 0 atom stereocenters. The third-order valence-electron chi connectivity index (χ3n) is 4.74. The summed E-state index contributed by atoms with van der Waals surface area (Å²) in [5.41, 5.74) is 3.15. The van der Waals surface area contributed by atoms with Crippen LogP contribution in [0.3, 0.4) is 0 Å². The maximum absolute atomic E-state index is 12.0. The van der Waals surface area contributed by atoms with Crippen molar-refractivity contribution in [2.24, 2.45) is 0 Å². The van der Waals surface area contributed by atoms with Crippen LogP contribution in [0.15, 0.2) is 41.3 Å². The summed E-state index contributed by atoms with van der Waals surface area (Å²) >= 11 is 6.30. The molecule has 7 heteroatoms. The maximum atomic E-state index is 12.0. The summed E-state index contributed by atoms with van der Waals surface area (Å²) in [5.74, 6) is 2.34. The lowest BCUT2D eigenvalue weighted by molar-refractivity contribution is -0.115. The molecule has 2 aromatic carbocycles. The fourth-order valence-electron chi connectivity index (χ4n) is 3.18.